The maximum Gasteiger partial charge on any atom is 0.434 e. The van der Waals surface area contributed by atoms with Crippen LogP contribution in [0.4, 0.5) is 19.1 Å². The van der Waals surface area contributed by atoms with E-state index < -0.39 is 11.9 Å². The summed E-state index contributed by atoms with van der Waals surface area (Å²) in [6, 6.07) is 7.08. The van der Waals surface area contributed by atoms with Crippen molar-refractivity contribution in [2.45, 2.75) is 31.5 Å². The number of halogens is 3. The third-order valence-corrected chi connectivity index (χ3v) is 5.62. The van der Waals surface area contributed by atoms with Crippen LogP contribution in [-0.2, 0) is 19.8 Å². The molecular formula is C23H21F3N8O. The van der Waals surface area contributed by atoms with Gasteiger partial charge < -0.3 is 14.6 Å². The van der Waals surface area contributed by atoms with Gasteiger partial charge in [-0.25, -0.2) is 24.9 Å². The minimum Gasteiger partial charge on any atom is -0.480 e. The second kappa shape index (κ2) is 8.93. The van der Waals surface area contributed by atoms with Crippen LogP contribution in [0.1, 0.15) is 35.7 Å². The summed E-state index contributed by atoms with van der Waals surface area (Å²) in [4.78, 5) is 25.4. The molecule has 9 nitrogen and oxygen atoms in total. The number of ether oxygens (including phenoxy) is 1. The van der Waals surface area contributed by atoms with Crippen molar-refractivity contribution >= 4 is 5.95 Å². The molecule has 0 atom stereocenters. The summed E-state index contributed by atoms with van der Waals surface area (Å²) in [5, 5.41) is 3.15. The number of nitrogens with one attached hydrogen (secondary N) is 1. The topological polar surface area (TPSA) is 104 Å². The van der Waals surface area contributed by atoms with E-state index in [-0.39, 0.29) is 5.82 Å². The fourth-order valence-corrected chi connectivity index (χ4v) is 3.74. The number of alkyl halides is 3. The highest BCUT2D eigenvalue weighted by atomic mass is 19.4. The predicted octanol–water partition coefficient (Wildman–Crippen LogP) is 4.25. The largest absolute Gasteiger partial charge is 0.480 e. The van der Waals surface area contributed by atoms with Gasteiger partial charge in [0.05, 0.1) is 12.8 Å². The van der Waals surface area contributed by atoms with E-state index in [1.165, 1.54) is 24.3 Å². The number of hydrogen-bond acceptors (Lipinski definition) is 8. The molecule has 5 rings (SSSR count). The molecule has 3 heterocycles. The van der Waals surface area contributed by atoms with Crippen molar-refractivity contribution in [2.24, 2.45) is 7.05 Å². The summed E-state index contributed by atoms with van der Waals surface area (Å²) in [5.74, 6) is 1.79. The van der Waals surface area contributed by atoms with Gasteiger partial charge in [0, 0.05) is 31.3 Å². The number of imidazole rings is 1. The van der Waals surface area contributed by atoms with Crippen LogP contribution in [-0.4, -0.2) is 41.6 Å². The van der Waals surface area contributed by atoms with E-state index in [0.29, 0.717) is 41.2 Å². The van der Waals surface area contributed by atoms with Gasteiger partial charge in [-0.3, -0.25) is 0 Å². The molecule has 1 saturated carbocycles. The van der Waals surface area contributed by atoms with Gasteiger partial charge in [-0.1, -0.05) is 24.3 Å². The van der Waals surface area contributed by atoms with Crippen LogP contribution < -0.4 is 10.1 Å². The van der Waals surface area contributed by atoms with Crippen LogP contribution in [0.3, 0.4) is 0 Å². The smallest absolute Gasteiger partial charge is 0.434 e. The van der Waals surface area contributed by atoms with Crippen LogP contribution in [0.2, 0.25) is 0 Å². The van der Waals surface area contributed by atoms with E-state index in [9.17, 15) is 13.2 Å². The second-order valence-corrected chi connectivity index (χ2v) is 8.16. The third-order valence-electron chi connectivity index (χ3n) is 5.62. The van der Waals surface area contributed by atoms with Gasteiger partial charge in [-0.05, 0) is 18.4 Å². The van der Waals surface area contributed by atoms with Crippen molar-refractivity contribution in [2.75, 3.05) is 12.4 Å². The molecule has 1 aromatic carbocycles. The summed E-state index contributed by atoms with van der Waals surface area (Å²) in [5.41, 5.74) is 2.09. The quantitative estimate of drug-likeness (QED) is 0.417. The number of anilines is 1. The Balaban J connectivity index is 1.32. The standard InChI is InChI=1S/C23H21F3N8O/c1-34-10-16(23(24,25)26)32-20(34)15-5-3-13(4-6-15)9-27-22-31-12-29-19(33-22)17-18(14-7-8-14)28-11-30-21(17)35-2/h3-6,10-12,14H,7-9H2,1-2H3,(H,27,29,31,33). The average Bonchev–Trinajstić information content (AvgIpc) is 3.63. The second-order valence-electron chi connectivity index (χ2n) is 8.16. The van der Waals surface area contributed by atoms with Crippen LogP contribution in [0.5, 0.6) is 5.88 Å². The molecule has 180 valence electrons. The van der Waals surface area contributed by atoms with E-state index in [4.69, 9.17) is 4.74 Å². The Kier molecular flexibility index (Phi) is 5.79. The number of methoxy groups -OCH3 is 1. The summed E-state index contributed by atoms with van der Waals surface area (Å²) >= 11 is 0. The number of nitrogens with zero attached hydrogens (tertiary/aromatic N) is 7. The van der Waals surface area contributed by atoms with E-state index in [1.54, 1.807) is 19.2 Å². The van der Waals surface area contributed by atoms with Crippen LogP contribution in [0.25, 0.3) is 22.8 Å². The van der Waals surface area contributed by atoms with Gasteiger partial charge in [0.15, 0.2) is 11.5 Å². The number of rotatable bonds is 7. The first-order valence-electron chi connectivity index (χ1n) is 10.9. The van der Waals surface area contributed by atoms with E-state index >= 15 is 0 Å². The number of hydrogen-bond donors (Lipinski definition) is 1. The van der Waals surface area contributed by atoms with Crippen LogP contribution in [0.15, 0.2) is 43.1 Å². The Morgan fingerprint density at radius 1 is 1.03 bits per heavy atom. The molecule has 0 aliphatic heterocycles. The molecule has 0 saturated heterocycles. The lowest BCUT2D eigenvalue weighted by atomic mass is 10.1. The summed E-state index contributed by atoms with van der Waals surface area (Å²) in [6.45, 7) is 0.399. The van der Waals surface area contributed by atoms with Gasteiger partial charge in [-0.2, -0.15) is 18.2 Å². The number of aromatic nitrogens is 7. The Labute approximate surface area is 198 Å². The summed E-state index contributed by atoms with van der Waals surface area (Å²) in [6.07, 6.45) is 1.48. The Hall–Kier alpha value is -4.09. The zero-order valence-electron chi connectivity index (χ0n) is 18.9. The highest BCUT2D eigenvalue weighted by Gasteiger charge is 2.34. The van der Waals surface area contributed by atoms with Crippen molar-refractivity contribution in [3.05, 3.63) is 60.1 Å². The molecule has 1 aliphatic carbocycles. The number of benzene rings is 1. The fraction of sp³-hybridized carbons (Fsp3) is 0.304. The lowest BCUT2D eigenvalue weighted by Gasteiger charge is -2.11. The summed E-state index contributed by atoms with van der Waals surface area (Å²) < 4.78 is 45.6. The minimum absolute atomic E-state index is 0.240. The van der Waals surface area contributed by atoms with Crippen molar-refractivity contribution in [3.63, 3.8) is 0 Å². The molecule has 0 radical (unpaired) electrons. The Morgan fingerprint density at radius 2 is 1.77 bits per heavy atom. The molecule has 4 aromatic rings. The zero-order valence-corrected chi connectivity index (χ0v) is 18.9. The van der Waals surface area contributed by atoms with Gasteiger partial charge in [0.1, 0.15) is 24.0 Å². The molecule has 0 unspecified atom stereocenters. The van der Waals surface area contributed by atoms with Gasteiger partial charge in [0.2, 0.25) is 11.8 Å². The highest BCUT2D eigenvalue weighted by molar-refractivity contribution is 5.66. The monoisotopic (exact) mass is 482 g/mol. The Bertz CT molecular complexity index is 1350. The summed E-state index contributed by atoms with van der Waals surface area (Å²) in [7, 11) is 3.08. The van der Waals surface area contributed by atoms with Crippen molar-refractivity contribution < 1.29 is 17.9 Å². The number of aryl methyl sites for hydroxylation is 1. The predicted molar refractivity (Wildman–Crippen MR) is 120 cm³/mol. The maximum absolute atomic E-state index is 13.0. The lowest BCUT2D eigenvalue weighted by molar-refractivity contribution is -0.140. The highest BCUT2D eigenvalue weighted by Crippen LogP contribution is 2.44. The van der Waals surface area contributed by atoms with Gasteiger partial charge in [-0.15, -0.1) is 0 Å². The third kappa shape index (κ3) is 4.77. The lowest BCUT2D eigenvalue weighted by Crippen LogP contribution is -2.07. The van der Waals surface area contributed by atoms with E-state index in [1.807, 2.05) is 12.1 Å². The fourth-order valence-electron chi connectivity index (χ4n) is 3.74. The maximum atomic E-state index is 13.0. The minimum atomic E-state index is -4.49. The molecule has 1 aliphatic rings. The molecule has 1 fully saturated rings. The molecule has 0 spiro atoms. The van der Waals surface area contributed by atoms with E-state index in [2.05, 4.69) is 35.2 Å². The normalized spacial score (nSPS) is 13.6. The molecule has 3 aromatic heterocycles. The van der Waals surface area contributed by atoms with Crippen LogP contribution in [0, 0.1) is 0 Å². The zero-order chi connectivity index (χ0) is 24.6. The molecular weight excluding hydrogens is 461 g/mol. The molecule has 0 bridgehead atoms. The van der Waals surface area contributed by atoms with Gasteiger partial charge >= 0.3 is 6.18 Å². The van der Waals surface area contributed by atoms with Gasteiger partial charge in [0.25, 0.3) is 0 Å². The molecule has 0 amide bonds. The van der Waals surface area contributed by atoms with Crippen molar-refractivity contribution in [3.8, 4) is 28.7 Å². The van der Waals surface area contributed by atoms with Crippen molar-refractivity contribution in [1.82, 2.24) is 34.5 Å². The first-order chi connectivity index (χ1) is 16.8. The van der Waals surface area contributed by atoms with E-state index in [0.717, 1.165) is 30.3 Å². The molecule has 12 heteroatoms. The average molecular weight is 482 g/mol. The first-order valence-corrected chi connectivity index (χ1v) is 10.9. The molecule has 35 heavy (non-hydrogen) atoms. The first kappa shape index (κ1) is 22.7. The van der Waals surface area contributed by atoms with Crippen LogP contribution >= 0.6 is 0 Å². The van der Waals surface area contributed by atoms with Crippen molar-refractivity contribution in [1.29, 1.82) is 0 Å². The molecule has 1 N–H and O–H groups in total. The Morgan fingerprint density at radius 3 is 2.43 bits per heavy atom. The SMILES string of the molecule is COc1ncnc(C2CC2)c1-c1ncnc(NCc2ccc(-c3nc(C(F)(F)F)cn3C)cc2)n1.